The van der Waals surface area contributed by atoms with Gasteiger partial charge in [0.05, 0.1) is 11.6 Å². The number of benzene rings is 7. The number of nitriles is 1. The monoisotopic (exact) mass is 520 g/mol. The minimum Gasteiger partial charge on any atom is -0.310 e. The Morgan fingerprint density at radius 1 is 0.390 bits per heavy atom. The van der Waals surface area contributed by atoms with Crippen LogP contribution in [0.4, 0.5) is 17.1 Å². The highest BCUT2D eigenvalue weighted by Gasteiger charge is 2.24. The van der Waals surface area contributed by atoms with Gasteiger partial charge < -0.3 is 4.90 Å². The van der Waals surface area contributed by atoms with Crippen LogP contribution in [0.5, 0.6) is 0 Å². The van der Waals surface area contributed by atoms with Gasteiger partial charge in [0.2, 0.25) is 0 Å². The van der Waals surface area contributed by atoms with Crippen LogP contribution >= 0.6 is 0 Å². The summed E-state index contributed by atoms with van der Waals surface area (Å²) in [6.45, 7) is 0. The van der Waals surface area contributed by atoms with Crippen molar-refractivity contribution in [1.29, 1.82) is 5.26 Å². The van der Waals surface area contributed by atoms with Crippen molar-refractivity contribution in [1.82, 2.24) is 0 Å². The Morgan fingerprint density at radius 3 is 1.44 bits per heavy atom. The molecule has 0 heterocycles. The molecule has 0 spiro atoms. The molecule has 0 radical (unpaired) electrons. The minimum absolute atomic E-state index is 0.680. The topological polar surface area (TPSA) is 27.0 Å². The minimum atomic E-state index is 0.680. The van der Waals surface area contributed by atoms with E-state index in [0.29, 0.717) is 5.56 Å². The first-order valence-electron chi connectivity index (χ1n) is 13.8. The van der Waals surface area contributed by atoms with Crippen LogP contribution in [0.1, 0.15) is 5.56 Å². The normalized spacial score (nSPS) is 11.4. The molecule has 2 nitrogen and oxygen atoms in total. The number of anilines is 3. The van der Waals surface area contributed by atoms with Gasteiger partial charge in [-0.2, -0.15) is 5.26 Å². The van der Waals surface area contributed by atoms with E-state index in [2.05, 4.69) is 132 Å². The lowest BCUT2D eigenvalue weighted by Gasteiger charge is -2.28. The maximum absolute atomic E-state index is 9.13. The van der Waals surface area contributed by atoms with Gasteiger partial charge >= 0.3 is 0 Å². The Kier molecular flexibility index (Phi) is 5.23. The molecule has 0 bridgehead atoms. The zero-order chi connectivity index (χ0) is 27.3. The number of rotatable bonds is 4. The summed E-state index contributed by atoms with van der Waals surface area (Å²) < 4.78 is 0. The molecule has 0 aromatic heterocycles. The van der Waals surface area contributed by atoms with Crippen molar-refractivity contribution >= 4 is 38.6 Å². The smallest absolute Gasteiger partial charge is 0.0991 e. The van der Waals surface area contributed by atoms with E-state index in [1.807, 2.05) is 24.3 Å². The molecule has 41 heavy (non-hydrogen) atoms. The van der Waals surface area contributed by atoms with Gasteiger partial charge in [-0.15, -0.1) is 0 Å². The lowest BCUT2D eigenvalue weighted by molar-refractivity contribution is 1.29. The summed E-state index contributed by atoms with van der Waals surface area (Å²) in [7, 11) is 0. The third-order valence-corrected chi connectivity index (χ3v) is 8.15. The molecule has 0 unspecified atom stereocenters. The molecule has 0 atom stereocenters. The van der Waals surface area contributed by atoms with E-state index in [1.165, 1.54) is 43.8 Å². The lowest BCUT2D eigenvalue weighted by atomic mass is 9.77. The van der Waals surface area contributed by atoms with Crippen LogP contribution in [0.3, 0.4) is 0 Å². The van der Waals surface area contributed by atoms with Crippen molar-refractivity contribution < 1.29 is 0 Å². The number of nitrogens with zero attached hydrogens (tertiary/aromatic N) is 2. The second-order valence-corrected chi connectivity index (χ2v) is 10.6. The number of hydrogen-bond acceptors (Lipinski definition) is 2. The summed E-state index contributed by atoms with van der Waals surface area (Å²) in [6.07, 6.45) is 0. The highest BCUT2D eigenvalue weighted by atomic mass is 15.1. The predicted molar refractivity (Wildman–Crippen MR) is 171 cm³/mol. The molecule has 0 saturated heterocycles. The van der Waals surface area contributed by atoms with E-state index >= 15 is 0 Å². The zero-order valence-electron chi connectivity index (χ0n) is 22.3. The van der Waals surface area contributed by atoms with Crippen LogP contribution < -0.4 is 4.90 Å². The van der Waals surface area contributed by atoms with Crippen LogP contribution in [-0.2, 0) is 0 Å². The van der Waals surface area contributed by atoms with Gasteiger partial charge in [-0.25, -0.2) is 0 Å². The van der Waals surface area contributed by atoms with E-state index in [4.69, 9.17) is 5.26 Å². The van der Waals surface area contributed by atoms with Gasteiger partial charge in [-0.05, 0) is 134 Å². The Hall–Kier alpha value is -5.65. The molecule has 7 aromatic rings. The molecular formula is C39H24N2. The fraction of sp³-hybridized carbons (Fsp3) is 0. The SMILES string of the molecule is N#Cc1ccc(-c2ccc3cc4c(cc3c2)-c2cc3ccc(N(c5ccccc5)c5ccccc5)cc3cc2-4)cc1. The van der Waals surface area contributed by atoms with Crippen molar-refractivity contribution in [2.75, 3.05) is 4.90 Å². The Morgan fingerprint density at radius 2 is 0.878 bits per heavy atom. The number of para-hydroxylation sites is 2. The van der Waals surface area contributed by atoms with Crippen LogP contribution in [-0.4, -0.2) is 0 Å². The summed E-state index contributed by atoms with van der Waals surface area (Å²) >= 11 is 0. The average Bonchev–Trinajstić information content (AvgIpc) is 3.04. The number of fused-ring (bicyclic) bond motifs is 6. The van der Waals surface area contributed by atoms with Crippen LogP contribution in [0, 0.1) is 11.3 Å². The highest BCUT2D eigenvalue weighted by Crippen LogP contribution is 2.51. The van der Waals surface area contributed by atoms with E-state index in [1.54, 1.807) is 0 Å². The van der Waals surface area contributed by atoms with Crippen LogP contribution in [0.2, 0.25) is 0 Å². The van der Waals surface area contributed by atoms with Crippen molar-refractivity contribution in [2.45, 2.75) is 0 Å². The van der Waals surface area contributed by atoms with Crippen molar-refractivity contribution in [3.63, 3.8) is 0 Å². The maximum Gasteiger partial charge on any atom is 0.0991 e. The van der Waals surface area contributed by atoms with Gasteiger partial charge in [0.25, 0.3) is 0 Å². The highest BCUT2D eigenvalue weighted by molar-refractivity contribution is 6.12. The summed E-state index contributed by atoms with van der Waals surface area (Å²) in [4.78, 5) is 2.31. The molecule has 1 aliphatic carbocycles. The zero-order valence-corrected chi connectivity index (χ0v) is 22.3. The maximum atomic E-state index is 9.13. The fourth-order valence-corrected chi connectivity index (χ4v) is 6.07. The molecule has 0 aliphatic heterocycles. The first-order chi connectivity index (χ1) is 20.2. The molecule has 2 heteroatoms. The van der Waals surface area contributed by atoms with Gasteiger partial charge in [0.1, 0.15) is 0 Å². The van der Waals surface area contributed by atoms with Crippen LogP contribution in [0.15, 0.2) is 146 Å². The predicted octanol–water partition coefficient (Wildman–Crippen LogP) is 10.6. The quantitative estimate of drug-likeness (QED) is 0.231. The van der Waals surface area contributed by atoms with E-state index < -0.39 is 0 Å². The number of hydrogen-bond donors (Lipinski definition) is 0. The molecule has 0 amide bonds. The summed E-state index contributed by atoms with van der Waals surface area (Å²) in [5, 5.41) is 14.1. The lowest BCUT2D eigenvalue weighted by Crippen LogP contribution is -2.09. The molecule has 7 aromatic carbocycles. The van der Waals surface area contributed by atoms with Gasteiger partial charge in [-0.1, -0.05) is 66.7 Å². The Bertz CT molecular complexity index is 2100. The van der Waals surface area contributed by atoms with Crippen LogP contribution in [0.25, 0.3) is 54.9 Å². The standard InChI is InChI=1S/C39H24N2/c40-25-26-11-13-27(14-12-26)28-15-16-29-21-36-38(23-31(29)19-28)37-22-30-17-18-35(20-32(30)24-39(36)37)41(33-7-3-1-4-8-33)34-9-5-2-6-10-34/h1-24H. The summed E-state index contributed by atoms with van der Waals surface area (Å²) in [5.41, 5.74) is 11.6. The first-order valence-corrected chi connectivity index (χ1v) is 13.8. The molecular weight excluding hydrogens is 496 g/mol. The molecule has 1 aliphatic rings. The van der Waals surface area contributed by atoms with Gasteiger partial charge in [-0.3, -0.25) is 0 Å². The molecule has 0 N–H and O–H groups in total. The second kappa shape index (κ2) is 9.23. The summed E-state index contributed by atoms with van der Waals surface area (Å²) in [6, 6.07) is 53.8. The third kappa shape index (κ3) is 3.87. The molecule has 0 saturated carbocycles. The fourth-order valence-electron chi connectivity index (χ4n) is 6.07. The van der Waals surface area contributed by atoms with Gasteiger partial charge in [0, 0.05) is 17.1 Å². The Balaban J connectivity index is 1.19. The van der Waals surface area contributed by atoms with Crippen molar-refractivity contribution in [3.8, 4) is 39.4 Å². The van der Waals surface area contributed by atoms with E-state index in [9.17, 15) is 0 Å². The average molecular weight is 521 g/mol. The second-order valence-electron chi connectivity index (χ2n) is 10.6. The summed E-state index contributed by atoms with van der Waals surface area (Å²) in [5.74, 6) is 0. The first kappa shape index (κ1) is 23.3. The third-order valence-electron chi connectivity index (χ3n) is 8.15. The van der Waals surface area contributed by atoms with Gasteiger partial charge in [0.15, 0.2) is 0 Å². The van der Waals surface area contributed by atoms with Crippen molar-refractivity contribution in [3.05, 3.63) is 151 Å². The largest absolute Gasteiger partial charge is 0.310 e. The molecule has 0 fully saturated rings. The van der Waals surface area contributed by atoms with E-state index in [-0.39, 0.29) is 0 Å². The van der Waals surface area contributed by atoms with E-state index in [0.717, 1.165) is 28.2 Å². The molecule has 190 valence electrons. The molecule has 8 rings (SSSR count). The Labute approximate surface area is 239 Å². The van der Waals surface area contributed by atoms with Crippen molar-refractivity contribution in [2.24, 2.45) is 0 Å².